The van der Waals surface area contributed by atoms with Crippen LogP contribution in [0.4, 0.5) is 0 Å². The number of hydrogen-bond donors (Lipinski definition) is 1. The molecular formula is C14H27NO2. The summed E-state index contributed by atoms with van der Waals surface area (Å²) in [6.07, 6.45) is 4.77. The first-order valence-corrected chi connectivity index (χ1v) is 6.73. The van der Waals surface area contributed by atoms with Crippen molar-refractivity contribution >= 4 is 5.91 Å². The quantitative estimate of drug-likeness (QED) is 0.596. The van der Waals surface area contributed by atoms with Gasteiger partial charge >= 0.3 is 0 Å². The Morgan fingerprint density at radius 1 is 1.24 bits per heavy atom. The fraction of sp³-hybridized carbons (Fsp3) is 0.786. The Labute approximate surface area is 106 Å². The van der Waals surface area contributed by atoms with Crippen LogP contribution in [0.3, 0.4) is 0 Å². The van der Waals surface area contributed by atoms with Gasteiger partial charge in [0, 0.05) is 18.9 Å². The lowest BCUT2D eigenvalue weighted by Gasteiger charge is -2.15. The van der Waals surface area contributed by atoms with Crippen molar-refractivity contribution in [2.45, 2.75) is 52.9 Å². The van der Waals surface area contributed by atoms with Crippen molar-refractivity contribution in [3.05, 3.63) is 12.3 Å². The molecule has 0 rings (SSSR count). The lowest BCUT2D eigenvalue weighted by atomic mass is 9.97. The van der Waals surface area contributed by atoms with Crippen LogP contribution in [0.1, 0.15) is 52.9 Å². The second kappa shape index (κ2) is 10.2. The first-order chi connectivity index (χ1) is 8.15. The lowest BCUT2D eigenvalue weighted by Crippen LogP contribution is -2.31. The van der Waals surface area contributed by atoms with E-state index >= 15 is 0 Å². The van der Waals surface area contributed by atoms with Crippen LogP contribution in [0.15, 0.2) is 12.3 Å². The second-order valence-electron chi connectivity index (χ2n) is 4.29. The Kier molecular flexibility index (Phi) is 9.59. The summed E-state index contributed by atoms with van der Waals surface area (Å²) < 4.78 is 5.23. The van der Waals surface area contributed by atoms with Crippen LogP contribution in [0, 0.1) is 5.92 Å². The molecule has 0 saturated heterocycles. The van der Waals surface area contributed by atoms with E-state index in [-0.39, 0.29) is 11.8 Å². The zero-order chi connectivity index (χ0) is 13.1. The van der Waals surface area contributed by atoms with E-state index in [0.717, 1.165) is 31.4 Å². The highest BCUT2D eigenvalue weighted by Gasteiger charge is 2.15. The minimum Gasteiger partial charge on any atom is -0.499 e. The van der Waals surface area contributed by atoms with E-state index in [9.17, 15) is 4.79 Å². The van der Waals surface area contributed by atoms with Gasteiger partial charge in [0.15, 0.2) is 0 Å². The van der Waals surface area contributed by atoms with Gasteiger partial charge in [-0.25, -0.2) is 0 Å². The first-order valence-electron chi connectivity index (χ1n) is 6.73. The summed E-state index contributed by atoms with van der Waals surface area (Å²) in [5.41, 5.74) is 0. The molecule has 3 nitrogen and oxygen atoms in total. The van der Waals surface area contributed by atoms with E-state index in [0.29, 0.717) is 19.6 Å². The van der Waals surface area contributed by atoms with Crippen LogP contribution >= 0.6 is 0 Å². The largest absolute Gasteiger partial charge is 0.499 e. The van der Waals surface area contributed by atoms with Gasteiger partial charge < -0.3 is 10.1 Å². The third-order valence-corrected chi connectivity index (χ3v) is 2.70. The van der Waals surface area contributed by atoms with Gasteiger partial charge in [-0.3, -0.25) is 4.79 Å². The zero-order valence-corrected chi connectivity index (χ0v) is 11.6. The van der Waals surface area contributed by atoms with E-state index in [1.54, 1.807) is 0 Å². The number of nitrogens with one attached hydrogen (secondary N) is 1. The highest BCUT2D eigenvalue weighted by molar-refractivity contribution is 5.78. The SMILES string of the molecule is C=C(CCNC(=O)C(CCC)CCC)OCC. The Hall–Kier alpha value is -0.990. The van der Waals surface area contributed by atoms with Crippen molar-refractivity contribution in [3.8, 4) is 0 Å². The van der Waals surface area contributed by atoms with Gasteiger partial charge in [-0.2, -0.15) is 0 Å². The molecule has 0 fully saturated rings. The molecule has 0 radical (unpaired) electrons. The summed E-state index contributed by atoms with van der Waals surface area (Å²) in [4.78, 5) is 11.9. The van der Waals surface area contributed by atoms with Gasteiger partial charge in [-0.1, -0.05) is 33.3 Å². The number of carbonyl (C=O) groups is 1. The summed E-state index contributed by atoms with van der Waals surface area (Å²) in [7, 11) is 0. The molecular weight excluding hydrogens is 214 g/mol. The van der Waals surface area contributed by atoms with E-state index in [1.807, 2.05) is 6.92 Å². The van der Waals surface area contributed by atoms with Gasteiger partial charge in [0.05, 0.1) is 12.4 Å². The number of ether oxygens (including phenoxy) is 1. The van der Waals surface area contributed by atoms with Crippen molar-refractivity contribution in [1.29, 1.82) is 0 Å². The number of rotatable bonds is 10. The molecule has 0 aliphatic carbocycles. The predicted octanol–water partition coefficient (Wildman–Crippen LogP) is 3.26. The molecule has 0 saturated carbocycles. The number of amides is 1. The standard InChI is InChI=1S/C14H27NO2/c1-5-8-13(9-6-2)14(16)15-11-10-12(4)17-7-3/h13H,4-11H2,1-3H3,(H,15,16). The minimum atomic E-state index is 0.172. The van der Waals surface area contributed by atoms with Crippen LogP contribution in [0.5, 0.6) is 0 Å². The molecule has 3 heteroatoms. The molecule has 0 bridgehead atoms. The van der Waals surface area contributed by atoms with Gasteiger partial charge in [-0.05, 0) is 19.8 Å². The maximum Gasteiger partial charge on any atom is 0.223 e. The molecule has 1 amide bonds. The smallest absolute Gasteiger partial charge is 0.223 e. The van der Waals surface area contributed by atoms with Gasteiger partial charge in [0.2, 0.25) is 5.91 Å². The molecule has 0 spiro atoms. The van der Waals surface area contributed by atoms with E-state index in [2.05, 4.69) is 25.7 Å². The summed E-state index contributed by atoms with van der Waals surface area (Å²) in [5, 5.41) is 2.96. The highest BCUT2D eigenvalue weighted by Crippen LogP contribution is 2.13. The van der Waals surface area contributed by atoms with Crippen molar-refractivity contribution < 1.29 is 9.53 Å². The van der Waals surface area contributed by atoms with Crippen molar-refractivity contribution in [2.24, 2.45) is 5.92 Å². The summed E-state index contributed by atoms with van der Waals surface area (Å²) in [5.74, 6) is 1.10. The molecule has 0 aromatic rings. The third-order valence-electron chi connectivity index (χ3n) is 2.70. The summed E-state index contributed by atoms with van der Waals surface area (Å²) >= 11 is 0. The van der Waals surface area contributed by atoms with Gasteiger partial charge in [0.25, 0.3) is 0 Å². The second-order valence-corrected chi connectivity index (χ2v) is 4.29. The highest BCUT2D eigenvalue weighted by atomic mass is 16.5. The van der Waals surface area contributed by atoms with Crippen molar-refractivity contribution in [3.63, 3.8) is 0 Å². The third kappa shape index (κ3) is 7.83. The van der Waals surface area contributed by atoms with Crippen LogP contribution in [-0.2, 0) is 9.53 Å². The summed E-state index contributed by atoms with van der Waals surface area (Å²) in [6.45, 7) is 11.2. The zero-order valence-electron chi connectivity index (χ0n) is 11.6. The van der Waals surface area contributed by atoms with E-state index < -0.39 is 0 Å². The Bertz CT molecular complexity index is 220. The molecule has 0 unspecified atom stereocenters. The Morgan fingerprint density at radius 3 is 2.29 bits per heavy atom. The molecule has 0 aromatic heterocycles. The minimum absolute atomic E-state index is 0.172. The summed E-state index contributed by atoms with van der Waals surface area (Å²) in [6, 6.07) is 0. The molecule has 0 heterocycles. The van der Waals surface area contributed by atoms with Crippen LogP contribution < -0.4 is 5.32 Å². The molecule has 0 aliphatic rings. The Morgan fingerprint density at radius 2 is 1.82 bits per heavy atom. The average Bonchev–Trinajstić information content (AvgIpc) is 2.29. The van der Waals surface area contributed by atoms with Crippen molar-refractivity contribution in [1.82, 2.24) is 5.32 Å². The maximum atomic E-state index is 11.9. The fourth-order valence-electron chi connectivity index (χ4n) is 1.85. The van der Waals surface area contributed by atoms with Crippen LogP contribution in [0.2, 0.25) is 0 Å². The van der Waals surface area contributed by atoms with Gasteiger partial charge in [0.1, 0.15) is 0 Å². The van der Waals surface area contributed by atoms with Gasteiger partial charge in [-0.15, -0.1) is 0 Å². The van der Waals surface area contributed by atoms with Crippen LogP contribution in [0.25, 0.3) is 0 Å². The topological polar surface area (TPSA) is 38.3 Å². The molecule has 0 aromatic carbocycles. The Balaban J connectivity index is 3.84. The maximum absolute atomic E-state index is 11.9. The normalized spacial score (nSPS) is 10.4. The molecule has 1 N–H and O–H groups in total. The fourth-order valence-corrected chi connectivity index (χ4v) is 1.85. The van der Waals surface area contributed by atoms with E-state index in [4.69, 9.17) is 4.74 Å². The number of hydrogen-bond acceptors (Lipinski definition) is 2. The molecule has 0 aliphatic heterocycles. The molecule has 17 heavy (non-hydrogen) atoms. The average molecular weight is 241 g/mol. The lowest BCUT2D eigenvalue weighted by molar-refractivity contribution is -0.125. The predicted molar refractivity (Wildman–Crippen MR) is 71.7 cm³/mol. The first kappa shape index (κ1) is 16.0. The molecule has 100 valence electrons. The van der Waals surface area contributed by atoms with Crippen LogP contribution in [-0.4, -0.2) is 19.1 Å². The van der Waals surface area contributed by atoms with E-state index in [1.165, 1.54) is 0 Å². The van der Waals surface area contributed by atoms with Crippen molar-refractivity contribution in [2.75, 3.05) is 13.2 Å². The number of carbonyl (C=O) groups excluding carboxylic acids is 1. The monoisotopic (exact) mass is 241 g/mol. The molecule has 0 atom stereocenters.